The van der Waals surface area contributed by atoms with Gasteiger partial charge < -0.3 is 10.1 Å². The summed E-state index contributed by atoms with van der Waals surface area (Å²) < 4.78 is 5.53. The van der Waals surface area contributed by atoms with E-state index < -0.39 is 0 Å². The van der Waals surface area contributed by atoms with Crippen LogP contribution in [0.1, 0.15) is 31.4 Å². The van der Waals surface area contributed by atoms with Crippen LogP contribution in [0.3, 0.4) is 0 Å². The first kappa shape index (κ1) is 13.9. The summed E-state index contributed by atoms with van der Waals surface area (Å²) in [4.78, 5) is 0. The third-order valence-electron chi connectivity index (χ3n) is 2.47. The van der Waals surface area contributed by atoms with Crippen LogP contribution >= 0.6 is 0 Å². The van der Waals surface area contributed by atoms with Gasteiger partial charge in [-0.25, -0.2) is 0 Å². The highest BCUT2D eigenvalue weighted by atomic mass is 16.5. The molecule has 1 rings (SSSR count). The van der Waals surface area contributed by atoms with E-state index in [4.69, 9.17) is 4.74 Å². The van der Waals surface area contributed by atoms with E-state index in [1.807, 2.05) is 19.1 Å². The molecule has 0 spiro atoms. The molecular weight excluding hydrogens is 210 g/mol. The maximum Gasteiger partial charge on any atom is 0.0721 e. The molecule has 2 heteroatoms. The van der Waals surface area contributed by atoms with Crippen LogP contribution in [-0.4, -0.2) is 13.2 Å². The minimum Gasteiger partial charge on any atom is -0.373 e. The molecular formula is C15H23NO. The van der Waals surface area contributed by atoms with E-state index in [1.54, 1.807) is 0 Å². The van der Waals surface area contributed by atoms with Crippen LogP contribution < -0.4 is 5.32 Å². The molecule has 1 N–H and O–H groups in total. The third-order valence-corrected chi connectivity index (χ3v) is 2.47. The Hall–Kier alpha value is -1.12. The molecule has 0 unspecified atom stereocenters. The molecule has 0 aliphatic rings. The molecule has 0 aliphatic carbocycles. The van der Waals surface area contributed by atoms with Crippen molar-refractivity contribution in [3.8, 4) is 0 Å². The zero-order chi connectivity index (χ0) is 12.3. The number of rotatable bonds is 8. The summed E-state index contributed by atoms with van der Waals surface area (Å²) in [7, 11) is 0. The molecule has 0 radical (unpaired) electrons. The zero-order valence-electron chi connectivity index (χ0n) is 10.9. The summed E-state index contributed by atoms with van der Waals surface area (Å²) >= 11 is 0. The maximum atomic E-state index is 5.53. The van der Waals surface area contributed by atoms with E-state index in [0.717, 1.165) is 13.1 Å². The zero-order valence-corrected chi connectivity index (χ0v) is 10.9. The Morgan fingerprint density at radius 1 is 1.29 bits per heavy atom. The summed E-state index contributed by atoms with van der Waals surface area (Å²) in [5.74, 6) is 0. The van der Waals surface area contributed by atoms with Gasteiger partial charge in [0, 0.05) is 6.54 Å². The summed E-state index contributed by atoms with van der Waals surface area (Å²) in [5.41, 5.74) is 2.57. The van der Waals surface area contributed by atoms with Gasteiger partial charge in [0.05, 0.1) is 13.2 Å². The fraction of sp³-hybridized carbons (Fsp3) is 0.467. The molecule has 1 aromatic rings. The standard InChI is InChI=1S/C15H23NO/c1-3-5-10-17-13-15-8-6-7-14(11-15)12-16-9-4-2/h3,5-8,11,16H,4,9-10,12-13H2,1-2H3. The minimum atomic E-state index is 0.686. The van der Waals surface area contributed by atoms with Crippen molar-refractivity contribution in [2.24, 2.45) is 0 Å². The molecule has 0 fully saturated rings. The number of ether oxygens (including phenoxy) is 1. The van der Waals surface area contributed by atoms with Crippen molar-refractivity contribution in [1.82, 2.24) is 5.32 Å². The highest BCUT2D eigenvalue weighted by Crippen LogP contribution is 2.06. The minimum absolute atomic E-state index is 0.686. The fourth-order valence-electron chi connectivity index (χ4n) is 1.58. The molecule has 0 bridgehead atoms. The van der Waals surface area contributed by atoms with Gasteiger partial charge in [0.25, 0.3) is 0 Å². The Morgan fingerprint density at radius 3 is 2.88 bits per heavy atom. The first-order valence-corrected chi connectivity index (χ1v) is 6.34. The van der Waals surface area contributed by atoms with Gasteiger partial charge in [-0.3, -0.25) is 0 Å². The lowest BCUT2D eigenvalue weighted by molar-refractivity contribution is 0.148. The molecule has 0 saturated heterocycles. The van der Waals surface area contributed by atoms with Gasteiger partial charge in [-0.1, -0.05) is 43.3 Å². The largest absolute Gasteiger partial charge is 0.373 e. The van der Waals surface area contributed by atoms with Crippen LogP contribution in [0.2, 0.25) is 0 Å². The second-order valence-electron chi connectivity index (χ2n) is 4.08. The van der Waals surface area contributed by atoms with Gasteiger partial charge in [-0.2, -0.15) is 0 Å². The van der Waals surface area contributed by atoms with Crippen molar-refractivity contribution in [2.45, 2.75) is 33.4 Å². The van der Waals surface area contributed by atoms with E-state index in [0.29, 0.717) is 13.2 Å². The molecule has 0 heterocycles. The van der Waals surface area contributed by atoms with Crippen molar-refractivity contribution in [2.75, 3.05) is 13.2 Å². The predicted octanol–water partition coefficient (Wildman–Crippen LogP) is 3.28. The van der Waals surface area contributed by atoms with Crippen molar-refractivity contribution in [3.05, 3.63) is 47.5 Å². The van der Waals surface area contributed by atoms with E-state index in [9.17, 15) is 0 Å². The van der Waals surface area contributed by atoms with Crippen LogP contribution in [0.15, 0.2) is 36.4 Å². The van der Waals surface area contributed by atoms with Crippen LogP contribution in [0.5, 0.6) is 0 Å². The highest BCUT2D eigenvalue weighted by molar-refractivity contribution is 5.22. The number of nitrogens with one attached hydrogen (secondary N) is 1. The molecule has 0 aromatic heterocycles. The van der Waals surface area contributed by atoms with Gasteiger partial charge in [0.2, 0.25) is 0 Å². The molecule has 2 nitrogen and oxygen atoms in total. The Bertz CT molecular complexity index is 333. The van der Waals surface area contributed by atoms with Gasteiger partial charge in [-0.15, -0.1) is 0 Å². The molecule has 94 valence electrons. The van der Waals surface area contributed by atoms with E-state index >= 15 is 0 Å². The van der Waals surface area contributed by atoms with Crippen molar-refractivity contribution in [3.63, 3.8) is 0 Å². The summed E-state index contributed by atoms with van der Waals surface area (Å²) in [6.07, 6.45) is 5.20. The second kappa shape index (κ2) is 8.97. The fourth-order valence-corrected chi connectivity index (χ4v) is 1.58. The van der Waals surface area contributed by atoms with Crippen LogP contribution in [0, 0.1) is 0 Å². The normalized spacial score (nSPS) is 11.2. The Labute approximate surface area is 105 Å². The molecule has 0 atom stereocenters. The van der Waals surface area contributed by atoms with E-state index in [-0.39, 0.29) is 0 Å². The Balaban J connectivity index is 2.36. The summed E-state index contributed by atoms with van der Waals surface area (Å²) in [5, 5.41) is 3.40. The Morgan fingerprint density at radius 2 is 2.12 bits per heavy atom. The van der Waals surface area contributed by atoms with Gasteiger partial charge in [0.15, 0.2) is 0 Å². The molecule has 17 heavy (non-hydrogen) atoms. The van der Waals surface area contributed by atoms with Crippen molar-refractivity contribution < 1.29 is 4.74 Å². The number of benzene rings is 1. The topological polar surface area (TPSA) is 21.3 Å². The first-order chi connectivity index (χ1) is 8.36. The van der Waals surface area contributed by atoms with E-state index in [2.05, 4.69) is 36.5 Å². The van der Waals surface area contributed by atoms with Gasteiger partial charge >= 0.3 is 0 Å². The van der Waals surface area contributed by atoms with Crippen LogP contribution in [0.25, 0.3) is 0 Å². The summed E-state index contributed by atoms with van der Waals surface area (Å²) in [6, 6.07) is 8.56. The summed E-state index contributed by atoms with van der Waals surface area (Å²) in [6.45, 7) is 7.57. The third kappa shape index (κ3) is 6.25. The SMILES string of the molecule is CC=CCOCc1cccc(CNCCC)c1. The first-order valence-electron chi connectivity index (χ1n) is 6.34. The van der Waals surface area contributed by atoms with Crippen LogP contribution in [-0.2, 0) is 17.9 Å². The monoisotopic (exact) mass is 233 g/mol. The average Bonchev–Trinajstić information content (AvgIpc) is 2.36. The lowest BCUT2D eigenvalue weighted by Gasteiger charge is -2.06. The van der Waals surface area contributed by atoms with E-state index in [1.165, 1.54) is 17.5 Å². The predicted molar refractivity (Wildman–Crippen MR) is 72.9 cm³/mol. The molecule has 0 saturated carbocycles. The Kier molecular flexibility index (Phi) is 7.35. The second-order valence-corrected chi connectivity index (χ2v) is 4.08. The number of allylic oxidation sites excluding steroid dienone is 1. The van der Waals surface area contributed by atoms with Crippen molar-refractivity contribution in [1.29, 1.82) is 0 Å². The maximum absolute atomic E-state index is 5.53. The lowest BCUT2D eigenvalue weighted by atomic mass is 10.1. The smallest absolute Gasteiger partial charge is 0.0721 e. The van der Waals surface area contributed by atoms with Crippen LogP contribution in [0.4, 0.5) is 0 Å². The van der Waals surface area contributed by atoms with Gasteiger partial charge in [-0.05, 0) is 31.0 Å². The van der Waals surface area contributed by atoms with Crippen molar-refractivity contribution >= 4 is 0 Å². The number of hydrogen-bond acceptors (Lipinski definition) is 2. The molecule has 1 aromatic carbocycles. The lowest BCUT2D eigenvalue weighted by Crippen LogP contribution is -2.13. The molecule has 0 aliphatic heterocycles. The molecule has 0 amide bonds. The van der Waals surface area contributed by atoms with Gasteiger partial charge in [0.1, 0.15) is 0 Å². The quantitative estimate of drug-likeness (QED) is 0.549. The average molecular weight is 233 g/mol. The highest BCUT2D eigenvalue weighted by Gasteiger charge is 1.96. The number of hydrogen-bond donors (Lipinski definition) is 1.